The second-order valence-electron chi connectivity index (χ2n) is 3.48. The van der Waals surface area contributed by atoms with E-state index in [1.165, 1.54) is 16.9 Å². The molecule has 0 aliphatic carbocycles. The molecule has 0 N–H and O–H groups in total. The number of hydrogen-bond donors (Lipinski definition) is 0. The second kappa shape index (κ2) is 3.30. The molecular formula is C9H9N4O2-. The van der Waals surface area contributed by atoms with Crippen LogP contribution < -0.4 is 5.11 Å². The van der Waals surface area contributed by atoms with Gasteiger partial charge in [0.2, 0.25) is 0 Å². The summed E-state index contributed by atoms with van der Waals surface area (Å²) in [5.41, 5.74) is 0.635. The van der Waals surface area contributed by atoms with Crippen LogP contribution in [0.15, 0.2) is 12.4 Å². The lowest BCUT2D eigenvalue weighted by molar-refractivity contribution is -0.255. The van der Waals surface area contributed by atoms with Gasteiger partial charge in [-0.3, -0.25) is 0 Å². The van der Waals surface area contributed by atoms with Gasteiger partial charge in [-0.1, -0.05) is 13.8 Å². The summed E-state index contributed by atoms with van der Waals surface area (Å²) in [6, 6.07) is 1.46. The highest BCUT2D eigenvalue weighted by Gasteiger charge is 2.10. The van der Waals surface area contributed by atoms with Crippen LogP contribution in [0.2, 0.25) is 0 Å². The summed E-state index contributed by atoms with van der Waals surface area (Å²) in [6.07, 6.45) is 1.34. The number of nitrogens with zero attached hydrogens (tertiary/aromatic N) is 4. The van der Waals surface area contributed by atoms with Crippen molar-refractivity contribution < 1.29 is 9.90 Å². The Morgan fingerprint density at radius 2 is 2.27 bits per heavy atom. The summed E-state index contributed by atoms with van der Waals surface area (Å²) in [6.45, 7) is 3.88. The first-order valence-electron chi connectivity index (χ1n) is 4.51. The van der Waals surface area contributed by atoms with Gasteiger partial charge in [-0.05, 0) is 12.0 Å². The Labute approximate surface area is 85.6 Å². The molecule has 2 rings (SSSR count). The summed E-state index contributed by atoms with van der Waals surface area (Å²) in [5, 5.41) is 14.7. The lowest BCUT2D eigenvalue weighted by Crippen LogP contribution is -2.24. The summed E-state index contributed by atoms with van der Waals surface area (Å²) < 4.78 is 1.52. The first-order valence-corrected chi connectivity index (χ1v) is 4.51. The maximum atomic E-state index is 10.7. The van der Waals surface area contributed by atoms with Crippen LogP contribution in [0.25, 0.3) is 5.78 Å². The molecule has 2 aromatic rings. The third-order valence-electron chi connectivity index (χ3n) is 2.08. The molecule has 0 bridgehead atoms. The molecule has 0 unspecified atom stereocenters. The number of rotatable bonds is 2. The van der Waals surface area contributed by atoms with Crippen LogP contribution in [0.4, 0.5) is 0 Å². The molecule has 78 valence electrons. The van der Waals surface area contributed by atoms with Gasteiger partial charge in [0.25, 0.3) is 5.78 Å². The molecule has 2 heterocycles. The Kier molecular flexibility index (Phi) is 2.11. The molecular weight excluding hydrogens is 196 g/mol. The minimum atomic E-state index is -1.30. The number of aromatic carboxylic acids is 1. The predicted molar refractivity (Wildman–Crippen MR) is 49.2 cm³/mol. The van der Waals surface area contributed by atoms with E-state index in [0.29, 0.717) is 0 Å². The Hall–Kier alpha value is -1.98. The van der Waals surface area contributed by atoms with Gasteiger partial charge in [-0.2, -0.15) is 10.1 Å². The third kappa shape index (κ3) is 1.54. The van der Waals surface area contributed by atoms with Gasteiger partial charge < -0.3 is 9.90 Å². The van der Waals surface area contributed by atoms with Crippen molar-refractivity contribution >= 4 is 11.7 Å². The molecule has 0 spiro atoms. The third-order valence-corrected chi connectivity index (χ3v) is 2.08. The van der Waals surface area contributed by atoms with Crippen molar-refractivity contribution in [3.63, 3.8) is 0 Å². The van der Waals surface area contributed by atoms with E-state index in [9.17, 15) is 9.90 Å². The van der Waals surface area contributed by atoms with Crippen LogP contribution in [0.5, 0.6) is 0 Å². The van der Waals surface area contributed by atoms with Gasteiger partial charge in [0.05, 0.1) is 17.4 Å². The molecule has 6 nitrogen and oxygen atoms in total. The highest BCUT2D eigenvalue weighted by molar-refractivity contribution is 5.84. The van der Waals surface area contributed by atoms with Crippen molar-refractivity contribution in [2.45, 2.75) is 19.8 Å². The molecule has 0 radical (unpaired) electrons. The molecule has 15 heavy (non-hydrogen) atoms. The Balaban J connectivity index is 2.74. The fraction of sp³-hybridized carbons (Fsp3) is 0.333. The zero-order chi connectivity index (χ0) is 11.0. The van der Waals surface area contributed by atoms with Gasteiger partial charge in [-0.25, -0.2) is 9.50 Å². The number of hydrogen-bond acceptors (Lipinski definition) is 5. The van der Waals surface area contributed by atoms with Crippen molar-refractivity contribution in [1.82, 2.24) is 19.6 Å². The molecule has 0 amide bonds. The first kappa shape index (κ1) is 9.57. The van der Waals surface area contributed by atoms with Crippen LogP contribution in [0.1, 0.15) is 35.9 Å². The average molecular weight is 205 g/mol. The van der Waals surface area contributed by atoms with Crippen LogP contribution in [-0.4, -0.2) is 25.6 Å². The van der Waals surface area contributed by atoms with Crippen LogP contribution in [0, 0.1) is 0 Å². The summed E-state index contributed by atoms with van der Waals surface area (Å²) >= 11 is 0. The average Bonchev–Trinajstić information content (AvgIpc) is 2.62. The quantitative estimate of drug-likeness (QED) is 0.666. The fourth-order valence-electron chi connectivity index (χ4n) is 1.35. The molecule has 0 atom stereocenters. The van der Waals surface area contributed by atoms with E-state index in [1.807, 2.05) is 13.8 Å². The SMILES string of the molecule is CC(C)c1cc(C(=O)[O-])nc2ncnn12. The van der Waals surface area contributed by atoms with Crippen molar-refractivity contribution in [2.75, 3.05) is 0 Å². The lowest BCUT2D eigenvalue weighted by atomic mass is 10.1. The topological polar surface area (TPSA) is 83.2 Å². The molecule has 0 aromatic carbocycles. The number of fused-ring (bicyclic) bond motifs is 1. The van der Waals surface area contributed by atoms with E-state index in [0.717, 1.165) is 5.69 Å². The van der Waals surface area contributed by atoms with Gasteiger partial charge in [0, 0.05) is 0 Å². The van der Waals surface area contributed by atoms with Gasteiger partial charge >= 0.3 is 0 Å². The largest absolute Gasteiger partial charge is 0.543 e. The number of carboxylic acid groups (broad SMARTS) is 1. The maximum absolute atomic E-state index is 10.7. The minimum Gasteiger partial charge on any atom is -0.543 e. The van der Waals surface area contributed by atoms with Gasteiger partial charge in [-0.15, -0.1) is 0 Å². The highest BCUT2D eigenvalue weighted by atomic mass is 16.4. The van der Waals surface area contributed by atoms with E-state index in [4.69, 9.17) is 0 Å². The normalized spacial score (nSPS) is 11.1. The second-order valence-corrected chi connectivity index (χ2v) is 3.48. The number of aromatic nitrogens is 4. The number of carbonyl (C=O) groups is 1. The Morgan fingerprint density at radius 3 is 2.87 bits per heavy atom. The van der Waals surface area contributed by atoms with Crippen LogP contribution in [-0.2, 0) is 0 Å². The number of carboxylic acids is 1. The molecule has 0 aliphatic heterocycles. The molecule has 2 aromatic heterocycles. The molecule has 0 aliphatic rings. The zero-order valence-corrected chi connectivity index (χ0v) is 8.34. The van der Waals surface area contributed by atoms with Crippen molar-refractivity contribution in [2.24, 2.45) is 0 Å². The van der Waals surface area contributed by atoms with Crippen molar-refractivity contribution in [3.05, 3.63) is 23.8 Å². The summed E-state index contributed by atoms with van der Waals surface area (Å²) in [5.74, 6) is -0.891. The highest BCUT2D eigenvalue weighted by Crippen LogP contribution is 2.15. The van der Waals surface area contributed by atoms with E-state index < -0.39 is 5.97 Å². The summed E-state index contributed by atoms with van der Waals surface area (Å²) in [7, 11) is 0. The maximum Gasteiger partial charge on any atom is 0.252 e. The lowest BCUT2D eigenvalue weighted by Gasteiger charge is -2.09. The molecule has 0 fully saturated rings. The van der Waals surface area contributed by atoms with Gasteiger partial charge in [0.1, 0.15) is 6.33 Å². The summed E-state index contributed by atoms with van der Waals surface area (Å²) in [4.78, 5) is 18.4. The monoisotopic (exact) mass is 205 g/mol. The Bertz CT molecular complexity index is 518. The smallest absolute Gasteiger partial charge is 0.252 e. The minimum absolute atomic E-state index is 0.112. The van der Waals surface area contributed by atoms with Crippen molar-refractivity contribution in [3.8, 4) is 0 Å². The fourth-order valence-corrected chi connectivity index (χ4v) is 1.35. The zero-order valence-electron chi connectivity index (χ0n) is 8.34. The van der Waals surface area contributed by atoms with E-state index in [1.54, 1.807) is 0 Å². The van der Waals surface area contributed by atoms with E-state index in [-0.39, 0.29) is 17.4 Å². The van der Waals surface area contributed by atoms with Crippen LogP contribution in [0.3, 0.4) is 0 Å². The molecule has 0 saturated carbocycles. The first-order chi connectivity index (χ1) is 7.09. The Morgan fingerprint density at radius 1 is 1.53 bits per heavy atom. The van der Waals surface area contributed by atoms with Crippen molar-refractivity contribution in [1.29, 1.82) is 0 Å². The molecule has 0 saturated heterocycles. The van der Waals surface area contributed by atoms with E-state index in [2.05, 4.69) is 15.1 Å². The predicted octanol–water partition coefficient (Wildman–Crippen LogP) is -0.389. The number of carbonyl (C=O) groups excluding carboxylic acids is 1. The van der Waals surface area contributed by atoms with Gasteiger partial charge in [0.15, 0.2) is 0 Å². The van der Waals surface area contributed by atoms with E-state index >= 15 is 0 Å². The standard InChI is InChI=1S/C9H10N4O2/c1-5(2)7-3-6(8(14)15)12-9-10-4-11-13(7)9/h3-5H,1-2H3,(H,14,15)/p-1. The van der Waals surface area contributed by atoms with Crippen LogP contribution >= 0.6 is 0 Å². The molecule has 6 heteroatoms.